The van der Waals surface area contributed by atoms with Crippen LogP contribution in [0.25, 0.3) is 0 Å². The van der Waals surface area contributed by atoms with Crippen LogP contribution >= 0.6 is 11.8 Å². The van der Waals surface area contributed by atoms with Crippen LogP contribution in [0, 0.1) is 5.92 Å². The van der Waals surface area contributed by atoms with Gasteiger partial charge in [0.25, 0.3) is 0 Å². The van der Waals surface area contributed by atoms with E-state index in [4.69, 9.17) is 0 Å². The van der Waals surface area contributed by atoms with Gasteiger partial charge in [-0.1, -0.05) is 30.3 Å². The van der Waals surface area contributed by atoms with E-state index in [-0.39, 0.29) is 17.9 Å². The minimum atomic E-state index is -4.38. The molecule has 2 aromatic rings. The fraction of sp³-hybridized carbons (Fsp3) is 0.409. The number of thioether (sulfide) groups is 1. The third kappa shape index (κ3) is 4.39. The van der Waals surface area contributed by atoms with Crippen molar-refractivity contribution in [3.63, 3.8) is 0 Å². The Labute approximate surface area is 172 Å². The summed E-state index contributed by atoms with van der Waals surface area (Å²) in [5.41, 5.74) is 1.96. The number of halogens is 3. The predicted octanol–water partition coefficient (Wildman–Crippen LogP) is 4.16. The van der Waals surface area contributed by atoms with Crippen LogP contribution in [-0.2, 0) is 23.8 Å². The number of amides is 1. The molecule has 2 aliphatic rings. The molecule has 2 aromatic carbocycles. The third-order valence-corrected chi connectivity index (χ3v) is 6.73. The molecule has 1 N–H and O–H groups in total. The standard InChI is InChI=1S/C22H23F3N2OS/c23-22(24,25)17-6-7-19-16(12-17)13-18(20-14-29-11-10-27(19)20)21(28)26-9-8-15-4-2-1-3-5-15/h1-7,12,18,20H,8-11,13-14H2,(H,26,28)/t18-,20-/m0/s1. The highest BCUT2D eigenvalue weighted by Gasteiger charge is 2.41. The molecule has 0 aromatic heterocycles. The van der Waals surface area contributed by atoms with E-state index < -0.39 is 11.7 Å². The summed E-state index contributed by atoms with van der Waals surface area (Å²) in [4.78, 5) is 15.1. The van der Waals surface area contributed by atoms with E-state index >= 15 is 0 Å². The maximum absolute atomic E-state index is 13.2. The fourth-order valence-corrected chi connectivity index (χ4v) is 5.35. The molecule has 0 spiro atoms. The number of nitrogens with one attached hydrogen (secondary N) is 1. The Bertz CT molecular complexity index is 872. The van der Waals surface area contributed by atoms with Crippen molar-refractivity contribution in [1.82, 2.24) is 5.32 Å². The summed E-state index contributed by atoms with van der Waals surface area (Å²) in [6.07, 6.45) is -3.30. The van der Waals surface area contributed by atoms with Crippen LogP contribution in [0.1, 0.15) is 16.7 Å². The molecule has 29 heavy (non-hydrogen) atoms. The number of hydrogen-bond acceptors (Lipinski definition) is 3. The lowest BCUT2D eigenvalue weighted by Gasteiger charge is -2.45. The molecule has 0 saturated carbocycles. The molecule has 3 nitrogen and oxygen atoms in total. The average molecular weight is 421 g/mol. The Balaban J connectivity index is 1.51. The Kier molecular flexibility index (Phi) is 5.76. The molecule has 2 atom stereocenters. The fourth-order valence-electron chi connectivity index (χ4n) is 4.21. The normalized spacial score (nSPS) is 21.3. The van der Waals surface area contributed by atoms with E-state index in [1.165, 1.54) is 6.07 Å². The van der Waals surface area contributed by atoms with Gasteiger partial charge in [0, 0.05) is 36.3 Å². The van der Waals surface area contributed by atoms with Gasteiger partial charge in [0.1, 0.15) is 0 Å². The van der Waals surface area contributed by atoms with Crippen molar-refractivity contribution in [2.24, 2.45) is 5.92 Å². The van der Waals surface area contributed by atoms with Crippen molar-refractivity contribution in [1.29, 1.82) is 0 Å². The van der Waals surface area contributed by atoms with Crippen LogP contribution in [0.15, 0.2) is 48.5 Å². The zero-order chi connectivity index (χ0) is 20.4. The van der Waals surface area contributed by atoms with E-state index in [2.05, 4.69) is 10.2 Å². The maximum Gasteiger partial charge on any atom is 0.416 e. The maximum atomic E-state index is 13.2. The van der Waals surface area contributed by atoms with Crippen molar-refractivity contribution in [3.05, 3.63) is 65.2 Å². The van der Waals surface area contributed by atoms with Crippen LogP contribution in [0.5, 0.6) is 0 Å². The number of carbonyl (C=O) groups excluding carboxylic acids is 1. The van der Waals surface area contributed by atoms with Crippen LogP contribution in [0.2, 0.25) is 0 Å². The summed E-state index contributed by atoms with van der Waals surface area (Å²) in [5, 5.41) is 3.01. The topological polar surface area (TPSA) is 32.3 Å². The lowest BCUT2D eigenvalue weighted by atomic mass is 9.84. The second-order valence-electron chi connectivity index (χ2n) is 7.51. The molecule has 4 rings (SSSR count). The molecule has 1 fully saturated rings. The van der Waals surface area contributed by atoms with Gasteiger partial charge in [-0.3, -0.25) is 4.79 Å². The van der Waals surface area contributed by atoms with Crippen LogP contribution in [-0.4, -0.2) is 36.5 Å². The molecule has 1 saturated heterocycles. The molecule has 2 aliphatic heterocycles. The Morgan fingerprint density at radius 1 is 1.17 bits per heavy atom. The van der Waals surface area contributed by atoms with E-state index in [0.717, 1.165) is 41.8 Å². The van der Waals surface area contributed by atoms with Crippen molar-refractivity contribution in [2.45, 2.75) is 25.1 Å². The van der Waals surface area contributed by atoms with Gasteiger partial charge in [-0.05, 0) is 42.2 Å². The minimum absolute atomic E-state index is 0.0229. The highest BCUT2D eigenvalue weighted by atomic mass is 32.2. The van der Waals surface area contributed by atoms with Gasteiger partial charge in [-0.2, -0.15) is 24.9 Å². The molecule has 154 valence electrons. The number of carbonyl (C=O) groups is 1. The van der Waals surface area contributed by atoms with E-state index in [1.54, 1.807) is 17.8 Å². The summed E-state index contributed by atoms with van der Waals surface area (Å²) < 4.78 is 39.5. The number of alkyl halides is 3. The summed E-state index contributed by atoms with van der Waals surface area (Å²) in [6.45, 7) is 1.27. The first-order chi connectivity index (χ1) is 13.9. The summed E-state index contributed by atoms with van der Waals surface area (Å²) in [5.74, 6) is 1.33. The monoisotopic (exact) mass is 420 g/mol. The van der Waals surface area contributed by atoms with Gasteiger partial charge in [0.05, 0.1) is 11.5 Å². The van der Waals surface area contributed by atoms with Crippen molar-refractivity contribution in [3.8, 4) is 0 Å². The first-order valence-electron chi connectivity index (χ1n) is 9.79. The highest BCUT2D eigenvalue weighted by Crippen LogP contribution is 2.40. The van der Waals surface area contributed by atoms with Gasteiger partial charge in [0.2, 0.25) is 5.91 Å². The van der Waals surface area contributed by atoms with Crippen LogP contribution in [0.3, 0.4) is 0 Å². The van der Waals surface area contributed by atoms with Gasteiger partial charge >= 0.3 is 6.18 Å². The van der Waals surface area contributed by atoms with Crippen LogP contribution in [0.4, 0.5) is 18.9 Å². The summed E-state index contributed by atoms with van der Waals surface area (Å²) >= 11 is 1.80. The molecule has 0 radical (unpaired) electrons. The molecule has 1 amide bonds. The smallest absolute Gasteiger partial charge is 0.366 e. The minimum Gasteiger partial charge on any atom is -0.366 e. The predicted molar refractivity (Wildman–Crippen MR) is 110 cm³/mol. The number of nitrogens with zero attached hydrogens (tertiary/aromatic N) is 1. The van der Waals surface area contributed by atoms with Crippen LogP contribution < -0.4 is 10.2 Å². The first kappa shape index (κ1) is 20.1. The number of fused-ring (bicyclic) bond motifs is 3. The zero-order valence-corrected chi connectivity index (χ0v) is 16.7. The number of benzene rings is 2. The van der Waals surface area contributed by atoms with Gasteiger partial charge < -0.3 is 10.2 Å². The van der Waals surface area contributed by atoms with Crippen molar-refractivity contribution in [2.75, 3.05) is 29.5 Å². The second-order valence-corrected chi connectivity index (χ2v) is 8.66. The third-order valence-electron chi connectivity index (χ3n) is 5.68. The molecular formula is C22H23F3N2OS. The highest BCUT2D eigenvalue weighted by molar-refractivity contribution is 7.99. The number of hydrogen-bond donors (Lipinski definition) is 1. The average Bonchev–Trinajstić information content (AvgIpc) is 2.72. The number of rotatable bonds is 4. The Morgan fingerprint density at radius 2 is 1.97 bits per heavy atom. The summed E-state index contributed by atoms with van der Waals surface area (Å²) in [6, 6.07) is 13.9. The molecule has 7 heteroatoms. The molecule has 2 heterocycles. The van der Waals surface area contributed by atoms with Gasteiger partial charge in [0.15, 0.2) is 0 Å². The first-order valence-corrected chi connectivity index (χ1v) is 10.9. The van der Waals surface area contributed by atoms with E-state index in [9.17, 15) is 18.0 Å². The summed E-state index contributed by atoms with van der Waals surface area (Å²) in [7, 11) is 0. The number of anilines is 1. The van der Waals surface area contributed by atoms with Crippen molar-refractivity contribution >= 4 is 23.4 Å². The molecular weight excluding hydrogens is 397 g/mol. The lowest BCUT2D eigenvalue weighted by molar-refractivity contribution is -0.137. The van der Waals surface area contributed by atoms with Gasteiger partial charge in [-0.15, -0.1) is 0 Å². The molecule has 0 bridgehead atoms. The van der Waals surface area contributed by atoms with E-state index in [0.29, 0.717) is 18.5 Å². The Hall–Kier alpha value is -2.15. The zero-order valence-electron chi connectivity index (χ0n) is 15.9. The molecule has 0 unspecified atom stereocenters. The SMILES string of the molecule is O=C(NCCc1ccccc1)[C@H]1Cc2cc(C(F)(F)F)ccc2N2CCSC[C@@H]12. The van der Waals surface area contributed by atoms with Gasteiger partial charge in [-0.25, -0.2) is 0 Å². The van der Waals surface area contributed by atoms with E-state index in [1.807, 2.05) is 30.3 Å². The van der Waals surface area contributed by atoms with Crippen molar-refractivity contribution < 1.29 is 18.0 Å². The largest absolute Gasteiger partial charge is 0.416 e. The Morgan fingerprint density at radius 3 is 2.72 bits per heavy atom. The molecule has 0 aliphatic carbocycles. The lowest BCUT2D eigenvalue weighted by Crippen LogP contribution is -2.55. The quantitative estimate of drug-likeness (QED) is 0.806. The second kappa shape index (κ2) is 8.30.